The summed E-state index contributed by atoms with van der Waals surface area (Å²) in [5.41, 5.74) is 1.01. The summed E-state index contributed by atoms with van der Waals surface area (Å²) in [4.78, 5) is 33.9. The summed E-state index contributed by atoms with van der Waals surface area (Å²) in [5, 5.41) is 0. The zero-order valence-electron chi connectivity index (χ0n) is 11.1. The average Bonchev–Trinajstić information content (AvgIpc) is 2.27. The van der Waals surface area contributed by atoms with Gasteiger partial charge in [-0.25, -0.2) is 9.97 Å². The first-order chi connectivity index (χ1) is 8.41. The summed E-state index contributed by atoms with van der Waals surface area (Å²) >= 11 is 0. The third-order valence-electron chi connectivity index (χ3n) is 2.95. The van der Waals surface area contributed by atoms with Crippen LogP contribution in [0.2, 0.25) is 0 Å². The number of hydrogen-bond acceptors (Lipinski definition) is 4. The van der Waals surface area contributed by atoms with Crippen LogP contribution in [0.1, 0.15) is 55.5 Å². The molecule has 18 heavy (non-hydrogen) atoms. The summed E-state index contributed by atoms with van der Waals surface area (Å²) in [7, 11) is 0. The van der Waals surface area contributed by atoms with Crippen molar-refractivity contribution in [3.63, 3.8) is 0 Å². The molecule has 0 radical (unpaired) electrons. The predicted octanol–water partition coefficient (Wildman–Crippen LogP) is 1.53. The molecule has 2 amide bonds. The quantitative estimate of drug-likeness (QED) is 0.743. The monoisotopic (exact) mass is 247 g/mol. The van der Waals surface area contributed by atoms with E-state index in [0.29, 0.717) is 17.1 Å². The minimum atomic E-state index is -0.305. The van der Waals surface area contributed by atoms with Crippen LogP contribution in [-0.2, 0) is 11.2 Å². The van der Waals surface area contributed by atoms with Gasteiger partial charge < -0.3 is 0 Å². The standard InChI is InChI=1S/C13H17N3O2/c1-7(2)12-14-6-9-5-10(17)16(8(3)4)13(18)11(9)15-12/h6-8H,5H2,1-4H3. The van der Waals surface area contributed by atoms with Gasteiger partial charge in [0.2, 0.25) is 5.91 Å². The van der Waals surface area contributed by atoms with Gasteiger partial charge in [-0.05, 0) is 13.8 Å². The van der Waals surface area contributed by atoms with Gasteiger partial charge in [-0.3, -0.25) is 14.5 Å². The summed E-state index contributed by atoms with van der Waals surface area (Å²) in [6.45, 7) is 7.59. The molecule has 0 bridgehead atoms. The maximum Gasteiger partial charge on any atom is 0.279 e. The molecule has 0 saturated carbocycles. The Bertz CT molecular complexity index is 509. The lowest BCUT2D eigenvalue weighted by molar-refractivity contribution is -0.129. The topological polar surface area (TPSA) is 63.2 Å². The Morgan fingerprint density at radius 1 is 1.22 bits per heavy atom. The van der Waals surface area contributed by atoms with E-state index < -0.39 is 0 Å². The normalized spacial score (nSPS) is 15.6. The van der Waals surface area contributed by atoms with E-state index in [-0.39, 0.29) is 30.2 Å². The third-order valence-corrected chi connectivity index (χ3v) is 2.95. The molecular weight excluding hydrogens is 230 g/mol. The summed E-state index contributed by atoms with van der Waals surface area (Å²) in [5.74, 6) is 0.317. The van der Waals surface area contributed by atoms with Gasteiger partial charge in [-0.1, -0.05) is 13.8 Å². The highest BCUT2D eigenvalue weighted by Gasteiger charge is 2.34. The van der Waals surface area contributed by atoms with E-state index >= 15 is 0 Å². The third kappa shape index (κ3) is 2.00. The smallest absolute Gasteiger partial charge is 0.274 e. The number of aromatic nitrogens is 2. The van der Waals surface area contributed by atoms with Crippen LogP contribution in [0.4, 0.5) is 0 Å². The minimum absolute atomic E-state index is 0.143. The molecule has 0 atom stereocenters. The Hall–Kier alpha value is -1.78. The highest BCUT2D eigenvalue weighted by molar-refractivity contribution is 6.08. The van der Waals surface area contributed by atoms with E-state index in [1.54, 1.807) is 6.20 Å². The number of nitrogens with zero attached hydrogens (tertiary/aromatic N) is 3. The van der Waals surface area contributed by atoms with Gasteiger partial charge in [0, 0.05) is 23.7 Å². The number of imide groups is 1. The second-order valence-corrected chi connectivity index (χ2v) is 5.10. The van der Waals surface area contributed by atoms with E-state index in [9.17, 15) is 9.59 Å². The van der Waals surface area contributed by atoms with Crippen LogP contribution in [0.3, 0.4) is 0 Å². The fourth-order valence-corrected chi connectivity index (χ4v) is 2.01. The highest BCUT2D eigenvalue weighted by atomic mass is 16.2. The summed E-state index contributed by atoms with van der Waals surface area (Å²) in [6, 6.07) is -0.143. The van der Waals surface area contributed by atoms with Crippen LogP contribution in [0.15, 0.2) is 6.20 Å². The molecule has 2 heterocycles. The molecule has 2 rings (SSSR count). The fraction of sp³-hybridized carbons (Fsp3) is 0.538. The van der Waals surface area contributed by atoms with Gasteiger partial charge in [0.05, 0.1) is 6.42 Å². The van der Waals surface area contributed by atoms with Crippen molar-refractivity contribution in [1.29, 1.82) is 0 Å². The molecule has 0 aliphatic carbocycles. The lowest BCUT2D eigenvalue weighted by atomic mass is 10.0. The van der Waals surface area contributed by atoms with Gasteiger partial charge in [0.25, 0.3) is 5.91 Å². The molecule has 0 fully saturated rings. The molecule has 96 valence electrons. The molecule has 0 saturated heterocycles. The van der Waals surface area contributed by atoms with E-state index in [0.717, 1.165) is 0 Å². The van der Waals surface area contributed by atoms with Gasteiger partial charge in [-0.2, -0.15) is 0 Å². The van der Waals surface area contributed by atoms with Crippen molar-refractivity contribution < 1.29 is 9.59 Å². The molecule has 5 heteroatoms. The first-order valence-corrected chi connectivity index (χ1v) is 6.14. The summed E-state index contributed by atoms with van der Waals surface area (Å²) < 4.78 is 0. The Balaban J connectivity index is 2.48. The maximum atomic E-state index is 12.3. The Labute approximate surface area is 106 Å². The Kier molecular flexibility index (Phi) is 3.15. The fourth-order valence-electron chi connectivity index (χ4n) is 2.01. The van der Waals surface area contributed by atoms with Crippen LogP contribution < -0.4 is 0 Å². The van der Waals surface area contributed by atoms with E-state index in [4.69, 9.17) is 0 Å². The van der Waals surface area contributed by atoms with Crippen molar-refractivity contribution in [1.82, 2.24) is 14.9 Å². The van der Waals surface area contributed by atoms with Crippen molar-refractivity contribution in [3.05, 3.63) is 23.3 Å². The van der Waals surface area contributed by atoms with E-state index in [2.05, 4.69) is 9.97 Å². The predicted molar refractivity (Wildman–Crippen MR) is 66.1 cm³/mol. The summed E-state index contributed by atoms with van der Waals surface area (Å²) in [6.07, 6.45) is 1.81. The van der Waals surface area contributed by atoms with Crippen molar-refractivity contribution in [2.24, 2.45) is 0 Å². The largest absolute Gasteiger partial charge is 0.279 e. The molecule has 1 aliphatic heterocycles. The molecule has 1 aliphatic rings. The second-order valence-electron chi connectivity index (χ2n) is 5.10. The Morgan fingerprint density at radius 3 is 2.44 bits per heavy atom. The maximum absolute atomic E-state index is 12.3. The number of rotatable bonds is 2. The first kappa shape index (κ1) is 12.7. The average molecular weight is 247 g/mol. The van der Waals surface area contributed by atoms with Gasteiger partial charge in [-0.15, -0.1) is 0 Å². The molecule has 0 unspecified atom stereocenters. The number of carbonyl (C=O) groups excluding carboxylic acids is 2. The lowest BCUT2D eigenvalue weighted by Crippen LogP contribution is -2.47. The first-order valence-electron chi connectivity index (χ1n) is 6.14. The van der Waals surface area contributed by atoms with E-state index in [1.807, 2.05) is 27.7 Å². The molecular formula is C13H17N3O2. The van der Waals surface area contributed by atoms with Crippen LogP contribution in [0.25, 0.3) is 0 Å². The number of amides is 2. The van der Waals surface area contributed by atoms with Crippen molar-refractivity contribution in [2.75, 3.05) is 0 Å². The molecule has 0 spiro atoms. The number of fused-ring (bicyclic) bond motifs is 1. The highest BCUT2D eigenvalue weighted by Crippen LogP contribution is 2.21. The van der Waals surface area contributed by atoms with Gasteiger partial charge in [0.15, 0.2) is 0 Å². The van der Waals surface area contributed by atoms with Crippen molar-refractivity contribution >= 4 is 11.8 Å². The van der Waals surface area contributed by atoms with Crippen LogP contribution in [0, 0.1) is 0 Å². The molecule has 1 aromatic heterocycles. The van der Waals surface area contributed by atoms with Crippen molar-refractivity contribution in [3.8, 4) is 0 Å². The number of carbonyl (C=O) groups is 2. The zero-order chi connectivity index (χ0) is 13.4. The SMILES string of the molecule is CC(C)c1ncc2c(n1)C(=O)N(C(C)C)C(=O)C2. The number of hydrogen-bond donors (Lipinski definition) is 0. The van der Waals surface area contributed by atoms with Crippen LogP contribution >= 0.6 is 0 Å². The molecule has 0 N–H and O–H groups in total. The molecule has 0 aromatic carbocycles. The van der Waals surface area contributed by atoms with Crippen molar-refractivity contribution in [2.45, 2.75) is 46.1 Å². The van der Waals surface area contributed by atoms with Gasteiger partial charge in [0.1, 0.15) is 11.5 Å². The van der Waals surface area contributed by atoms with Gasteiger partial charge >= 0.3 is 0 Å². The molecule has 1 aromatic rings. The zero-order valence-corrected chi connectivity index (χ0v) is 11.1. The molecule has 5 nitrogen and oxygen atoms in total. The van der Waals surface area contributed by atoms with E-state index in [1.165, 1.54) is 4.90 Å². The van der Waals surface area contributed by atoms with Crippen LogP contribution in [0.5, 0.6) is 0 Å². The second kappa shape index (κ2) is 4.48. The Morgan fingerprint density at radius 2 is 1.89 bits per heavy atom. The minimum Gasteiger partial charge on any atom is -0.274 e. The van der Waals surface area contributed by atoms with Crippen LogP contribution in [-0.4, -0.2) is 32.7 Å². The lowest BCUT2D eigenvalue weighted by Gasteiger charge is -2.29.